The maximum atomic E-state index is 12.8. The number of aryl methyl sites for hydroxylation is 1. The Morgan fingerprint density at radius 2 is 1.79 bits per heavy atom. The molecule has 2 rings (SSSR count). The van der Waals surface area contributed by atoms with E-state index in [1.54, 1.807) is 0 Å². The standard InChI is InChI=1S/C17H18F3N3O/c1-12-6-8-13(9-7-12)23-16(21)22-10-11-24-15-5-3-2-4-14(15)17(18,19)20/h2-9H,10-11H2,1H3,(H3,21,22,23). The first-order chi connectivity index (χ1) is 11.4. The first-order valence-corrected chi connectivity index (χ1v) is 7.29. The zero-order valence-corrected chi connectivity index (χ0v) is 13.1. The second kappa shape index (κ2) is 7.72. The zero-order valence-electron chi connectivity index (χ0n) is 13.1. The predicted octanol–water partition coefficient (Wildman–Crippen LogP) is 3.82. The van der Waals surface area contributed by atoms with Gasteiger partial charge in [0.1, 0.15) is 12.4 Å². The molecule has 3 N–H and O–H groups in total. The van der Waals surface area contributed by atoms with E-state index < -0.39 is 11.7 Å². The maximum Gasteiger partial charge on any atom is 0.419 e. The van der Waals surface area contributed by atoms with Crippen molar-refractivity contribution < 1.29 is 17.9 Å². The predicted molar refractivity (Wildman–Crippen MR) is 88.2 cm³/mol. The van der Waals surface area contributed by atoms with E-state index in [1.165, 1.54) is 18.2 Å². The average molecular weight is 337 g/mol. The van der Waals surface area contributed by atoms with Crippen LogP contribution in [0.2, 0.25) is 0 Å². The molecular formula is C17H18F3N3O. The molecule has 0 atom stereocenters. The SMILES string of the molecule is Cc1ccc(NC(N)=NCCOc2ccccc2C(F)(F)F)cc1. The van der Waals surface area contributed by atoms with Crippen molar-refractivity contribution in [2.24, 2.45) is 10.7 Å². The minimum Gasteiger partial charge on any atom is -0.491 e. The normalized spacial score (nSPS) is 12.1. The van der Waals surface area contributed by atoms with E-state index >= 15 is 0 Å². The molecule has 2 aromatic rings. The summed E-state index contributed by atoms with van der Waals surface area (Å²) in [5, 5.41) is 2.90. The first kappa shape index (κ1) is 17.7. The van der Waals surface area contributed by atoms with Gasteiger partial charge in [-0.3, -0.25) is 0 Å². The number of para-hydroxylation sites is 1. The molecule has 2 aromatic carbocycles. The lowest BCUT2D eigenvalue weighted by atomic mass is 10.2. The molecule has 24 heavy (non-hydrogen) atoms. The fourth-order valence-electron chi connectivity index (χ4n) is 1.97. The van der Waals surface area contributed by atoms with E-state index in [1.807, 2.05) is 31.2 Å². The molecule has 4 nitrogen and oxygen atoms in total. The Morgan fingerprint density at radius 3 is 2.46 bits per heavy atom. The maximum absolute atomic E-state index is 12.8. The number of nitrogens with zero attached hydrogens (tertiary/aromatic N) is 1. The summed E-state index contributed by atoms with van der Waals surface area (Å²) in [4.78, 5) is 4.03. The van der Waals surface area contributed by atoms with E-state index in [-0.39, 0.29) is 24.9 Å². The number of hydrogen-bond donors (Lipinski definition) is 2. The van der Waals surface area contributed by atoms with Crippen molar-refractivity contribution in [1.29, 1.82) is 0 Å². The molecule has 0 aliphatic rings. The Morgan fingerprint density at radius 1 is 1.12 bits per heavy atom. The number of alkyl halides is 3. The number of halogens is 3. The third-order valence-electron chi connectivity index (χ3n) is 3.15. The van der Waals surface area contributed by atoms with Crippen molar-refractivity contribution in [2.45, 2.75) is 13.1 Å². The molecule has 0 fully saturated rings. The molecule has 0 aromatic heterocycles. The zero-order chi connectivity index (χ0) is 17.6. The van der Waals surface area contributed by atoms with Crippen LogP contribution in [-0.2, 0) is 6.18 Å². The second-order valence-electron chi connectivity index (χ2n) is 5.10. The fraction of sp³-hybridized carbons (Fsp3) is 0.235. The van der Waals surface area contributed by atoms with E-state index in [0.717, 1.165) is 17.3 Å². The number of hydrogen-bond acceptors (Lipinski definition) is 2. The van der Waals surface area contributed by atoms with Gasteiger partial charge in [0.15, 0.2) is 5.96 Å². The molecule has 0 spiro atoms. The highest BCUT2D eigenvalue weighted by atomic mass is 19.4. The van der Waals surface area contributed by atoms with E-state index in [9.17, 15) is 13.2 Å². The number of nitrogens with one attached hydrogen (secondary N) is 1. The van der Waals surface area contributed by atoms with Gasteiger partial charge in [0.05, 0.1) is 12.1 Å². The van der Waals surface area contributed by atoms with Crippen molar-refractivity contribution in [3.05, 3.63) is 59.7 Å². The summed E-state index contributed by atoms with van der Waals surface area (Å²) in [5.41, 5.74) is 6.82. The number of rotatable bonds is 5. The second-order valence-corrected chi connectivity index (χ2v) is 5.10. The number of aliphatic imine (C=N–C) groups is 1. The van der Waals surface area contributed by atoms with Gasteiger partial charge >= 0.3 is 6.18 Å². The van der Waals surface area contributed by atoms with Crippen molar-refractivity contribution in [3.8, 4) is 5.75 Å². The van der Waals surface area contributed by atoms with Crippen LogP contribution in [-0.4, -0.2) is 19.1 Å². The Kier molecular flexibility index (Phi) is 5.68. The average Bonchev–Trinajstić information content (AvgIpc) is 2.53. The van der Waals surface area contributed by atoms with Crippen LogP contribution in [0.3, 0.4) is 0 Å². The van der Waals surface area contributed by atoms with Crippen molar-refractivity contribution in [1.82, 2.24) is 0 Å². The summed E-state index contributed by atoms with van der Waals surface area (Å²) in [6.07, 6.45) is -4.45. The van der Waals surface area contributed by atoms with Gasteiger partial charge in [-0.25, -0.2) is 4.99 Å². The summed E-state index contributed by atoms with van der Waals surface area (Å²) < 4.78 is 43.6. The van der Waals surface area contributed by atoms with Gasteiger partial charge in [0.25, 0.3) is 0 Å². The third kappa shape index (κ3) is 5.19. The molecule has 0 saturated heterocycles. The highest BCUT2D eigenvalue weighted by Gasteiger charge is 2.33. The topological polar surface area (TPSA) is 59.6 Å². The van der Waals surface area contributed by atoms with Crippen LogP contribution < -0.4 is 15.8 Å². The van der Waals surface area contributed by atoms with Crippen molar-refractivity contribution in [3.63, 3.8) is 0 Å². The van der Waals surface area contributed by atoms with E-state index in [0.29, 0.717) is 0 Å². The van der Waals surface area contributed by atoms with Gasteiger partial charge in [-0.2, -0.15) is 13.2 Å². The molecule has 0 unspecified atom stereocenters. The van der Waals surface area contributed by atoms with Crippen LogP contribution in [0.5, 0.6) is 5.75 Å². The van der Waals surface area contributed by atoms with Crippen LogP contribution in [0.15, 0.2) is 53.5 Å². The molecular weight excluding hydrogens is 319 g/mol. The minimum atomic E-state index is -4.45. The van der Waals surface area contributed by atoms with Crippen LogP contribution >= 0.6 is 0 Å². The lowest BCUT2D eigenvalue weighted by Crippen LogP contribution is -2.23. The van der Waals surface area contributed by atoms with Crippen LogP contribution in [0.25, 0.3) is 0 Å². The molecule has 128 valence electrons. The van der Waals surface area contributed by atoms with Gasteiger partial charge in [-0.05, 0) is 31.2 Å². The van der Waals surface area contributed by atoms with Gasteiger partial charge in [0, 0.05) is 5.69 Å². The fourth-order valence-corrected chi connectivity index (χ4v) is 1.97. The molecule has 7 heteroatoms. The Balaban J connectivity index is 1.87. The summed E-state index contributed by atoms with van der Waals surface area (Å²) in [6, 6.07) is 12.6. The number of benzene rings is 2. The minimum absolute atomic E-state index is 0.0105. The number of ether oxygens (including phenoxy) is 1. The summed E-state index contributed by atoms with van der Waals surface area (Å²) in [6.45, 7) is 2.09. The lowest BCUT2D eigenvalue weighted by Gasteiger charge is -2.13. The third-order valence-corrected chi connectivity index (χ3v) is 3.15. The summed E-state index contributed by atoms with van der Waals surface area (Å²) >= 11 is 0. The molecule has 0 bridgehead atoms. The van der Waals surface area contributed by atoms with Crippen LogP contribution in [0.1, 0.15) is 11.1 Å². The molecule has 0 radical (unpaired) electrons. The first-order valence-electron chi connectivity index (χ1n) is 7.29. The van der Waals surface area contributed by atoms with Crippen molar-refractivity contribution in [2.75, 3.05) is 18.5 Å². The Hall–Kier alpha value is -2.70. The monoisotopic (exact) mass is 337 g/mol. The molecule has 0 saturated carbocycles. The molecule has 0 aliphatic heterocycles. The molecule has 0 amide bonds. The smallest absolute Gasteiger partial charge is 0.419 e. The summed E-state index contributed by atoms with van der Waals surface area (Å²) in [7, 11) is 0. The largest absolute Gasteiger partial charge is 0.491 e. The van der Waals surface area contributed by atoms with Gasteiger partial charge in [-0.15, -0.1) is 0 Å². The van der Waals surface area contributed by atoms with Crippen LogP contribution in [0.4, 0.5) is 18.9 Å². The van der Waals surface area contributed by atoms with Gasteiger partial charge < -0.3 is 15.8 Å². The Bertz CT molecular complexity index is 697. The van der Waals surface area contributed by atoms with Crippen molar-refractivity contribution >= 4 is 11.6 Å². The number of guanidine groups is 1. The van der Waals surface area contributed by atoms with Gasteiger partial charge in [-0.1, -0.05) is 29.8 Å². The van der Waals surface area contributed by atoms with Gasteiger partial charge in [0.2, 0.25) is 0 Å². The van der Waals surface area contributed by atoms with E-state index in [2.05, 4.69) is 10.3 Å². The quantitative estimate of drug-likeness (QED) is 0.495. The molecule has 0 aliphatic carbocycles. The van der Waals surface area contributed by atoms with Crippen LogP contribution in [0, 0.1) is 6.92 Å². The summed E-state index contributed by atoms with van der Waals surface area (Å²) in [5.74, 6) is -0.0446. The lowest BCUT2D eigenvalue weighted by molar-refractivity contribution is -0.138. The Labute approximate surface area is 138 Å². The highest BCUT2D eigenvalue weighted by molar-refractivity contribution is 5.92. The highest BCUT2D eigenvalue weighted by Crippen LogP contribution is 2.35. The number of nitrogens with two attached hydrogens (primary N) is 1. The molecule has 0 heterocycles. The van der Waals surface area contributed by atoms with E-state index in [4.69, 9.17) is 10.5 Å². The number of anilines is 1.